The fraction of sp³-hybridized carbons (Fsp3) is 0.625. The predicted molar refractivity (Wildman–Crippen MR) is 74.1 cm³/mol. The summed E-state index contributed by atoms with van der Waals surface area (Å²) in [6.45, 7) is 6.80. The van der Waals surface area contributed by atoms with Crippen LogP contribution in [0.25, 0.3) is 0 Å². The zero-order valence-corrected chi connectivity index (χ0v) is 11.4. The Kier molecular flexibility index (Phi) is 4.22. The van der Waals surface area contributed by atoms with Crippen molar-refractivity contribution >= 4 is 0 Å². The summed E-state index contributed by atoms with van der Waals surface area (Å²) < 4.78 is 0. The Labute approximate surface area is 106 Å². The number of nitrogens with one attached hydrogen (secondary N) is 1. The Balaban J connectivity index is 1.87. The molecular formula is C16H25N. The van der Waals surface area contributed by atoms with Crippen LogP contribution in [-0.2, 0) is 0 Å². The predicted octanol–water partition coefficient (Wildman–Crippen LogP) is 4.22. The highest BCUT2D eigenvalue weighted by Crippen LogP contribution is 2.31. The van der Waals surface area contributed by atoms with Crippen molar-refractivity contribution in [3.05, 3.63) is 35.4 Å². The number of rotatable bonds is 5. The van der Waals surface area contributed by atoms with E-state index in [-0.39, 0.29) is 0 Å². The van der Waals surface area contributed by atoms with Gasteiger partial charge in [-0.15, -0.1) is 0 Å². The third kappa shape index (κ3) is 3.32. The van der Waals surface area contributed by atoms with E-state index in [2.05, 4.69) is 50.4 Å². The number of aryl methyl sites for hydroxylation is 1. The summed E-state index contributed by atoms with van der Waals surface area (Å²) in [5.74, 6) is 0.988. The highest BCUT2D eigenvalue weighted by molar-refractivity contribution is 5.28. The highest BCUT2D eigenvalue weighted by Gasteiger charge is 2.21. The van der Waals surface area contributed by atoms with Crippen LogP contribution < -0.4 is 5.32 Å². The Morgan fingerprint density at radius 1 is 1.24 bits per heavy atom. The van der Waals surface area contributed by atoms with E-state index >= 15 is 0 Å². The Hall–Kier alpha value is -0.820. The normalized spacial score (nSPS) is 19.7. The van der Waals surface area contributed by atoms with Crippen molar-refractivity contribution in [1.29, 1.82) is 0 Å². The van der Waals surface area contributed by atoms with Crippen molar-refractivity contribution in [2.45, 2.75) is 58.5 Å². The van der Waals surface area contributed by atoms with E-state index in [1.54, 1.807) is 0 Å². The molecule has 1 aromatic carbocycles. The first kappa shape index (κ1) is 12.6. The summed E-state index contributed by atoms with van der Waals surface area (Å²) in [5, 5.41) is 3.74. The molecule has 0 aliphatic heterocycles. The summed E-state index contributed by atoms with van der Waals surface area (Å²) in [7, 11) is 0. The minimum Gasteiger partial charge on any atom is -0.308 e. The first-order valence-corrected chi connectivity index (χ1v) is 6.98. The molecule has 1 aliphatic rings. The van der Waals surface area contributed by atoms with Gasteiger partial charge in [0.25, 0.3) is 0 Å². The molecule has 1 unspecified atom stereocenters. The van der Waals surface area contributed by atoms with Gasteiger partial charge < -0.3 is 5.32 Å². The molecule has 0 aromatic heterocycles. The molecular weight excluding hydrogens is 206 g/mol. The molecule has 1 N–H and O–H groups in total. The molecule has 2 rings (SSSR count). The summed E-state index contributed by atoms with van der Waals surface area (Å²) >= 11 is 0. The van der Waals surface area contributed by atoms with Crippen LogP contribution in [-0.4, -0.2) is 6.04 Å². The van der Waals surface area contributed by atoms with Gasteiger partial charge in [0, 0.05) is 12.1 Å². The summed E-state index contributed by atoms with van der Waals surface area (Å²) in [5.41, 5.74) is 2.83. The number of benzene rings is 1. The van der Waals surface area contributed by atoms with E-state index in [4.69, 9.17) is 0 Å². The van der Waals surface area contributed by atoms with Crippen molar-refractivity contribution < 1.29 is 0 Å². The summed E-state index contributed by atoms with van der Waals surface area (Å²) in [6, 6.07) is 9.79. The van der Waals surface area contributed by atoms with Crippen LogP contribution in [0.5, 0.6) is 0 Å². The van der Waals surface area contributed by atoms with E-state index in [1.165, 1.54) is 36.8 Å². The zero-order chi connectivity index (χ0) is 12.3. The van der Waals surface area contributed by atoms with Crippen LogP contribution in [0.2, 0.25) is 0 Å². The molecule has 1 heteroatoms. The van der Waals surface area contributed by atoms with Gasteiger partial charge in [-0.25, -0.2) is 0 Å². The molecule has 94 valence electrons. The monoisotopic (exact) mass is 231 g/mol. The van der Waals surface area contributed by atoms with Crippen LogP contribution >= 0.6 is 0 Å². The van der Waals surface area contributed by atoms with Crippen LogP contribution in [0.1, 0.15) is 56.7 Å². The van der Waals surface area contributed by atoms with E-state index in [0.29, 0.717) is 12.1 Å². The molecule has 0 spiro atoms. The van der Waals surface area contributed by atoms with Crippen molar-refractivity contribution in [2.75, 3.05) is 0 Å². The Morgan fingerprint density at radius 2 is 1.94 bits per heavy atom. The second-order valence-corrected chi connectivity index (χ2v) is 5.68. The van der Waals surface area contributed by atoms with Gasteiger partial charge in [-0.2, -0.15) is 0 Å². The molecule has 0 amide bonds. The van der Waals surface area contributed by atoms with Crippen molar-refractivity contribution in [1.82, 2.24) is 5.32 Å². The van der Waals surface area contributed by atoms with E-state index in [0.717, 1.165) is 5.92 Å². The molecule has 1 aliphatic carbocycles. The lowest BCUT2D eigenvalue weighted by Crippen LogP contribution is -2.32. The van der Waals surface area contributed by atoms with Gasteiger partial charge in [0.15, 0.2) is 0 Å². The Morgan fingerprint density at radius 3 is 2.53 bits per heavy atom. The first-order valence-electron chi connectivity index (χ1n) is 6.98. The third-order valence-electron chi connectivity index (χ3n) is 4.10. The standard InChI is InChI=1S/C16H25N/c1-12-7-4-5-10-16(12)14(3)17-13(2)11-15-8-6-9-15/h4-5,7,10,13-15,17H,6,8-9,11H2,1-3H3/t13?,14-/m1/s1. The summed E-state index contributed by atoms with van der Waals surface area (Å²) in [4.78, 5) is 0. The minimum atomic E-state index is 0.464. The maximum absolute atomic E-state index is 3.74. The molecule has 1 nitrogen and oxygen atoms in total. The fourth-order valence-electron chi connectivity index (χ4n) is 2.89. The van der Waals surface area contributed by atoms with Gasteiger partial charge in [-0.3, -0.25) is 0 Å². The van der Waals surface area contributed by atoms with Crippen LogP contribution in [0, 0.1) is 12.8 Å². The van der Waals surface area contributed by atoms with E-state index in [1.807, 2.05) is 0 Å². The second-order valence-electron chi connectivity index (χ2n) is 5.68. The maximum Gasteiger partial charge on any atom is 0.0296 e. The molecule has 2 atom stereocenters. The van der Waals surface area contributed by atoms with Gasteiger partial charge in [-0.1, -0.05) is 43.5 Å². The first-order chi connectivity index (χ1) is 8.16. The second kappa shape index (κ2) is 5.68. The van der Waals surface area contributed by atoms with Gasteiger partial charge in [-0.05, 0) is 44.2 Å². The Bertz CT molecular complexity index is 354. The third-order valence-corrected chi connectivity index (χ3v) is 4.10. The molecule has 0 saturated heterocycles. The van der Waals surface area contributed by atoms with Crippen molar-refractivity contribution in [2.24, 2.45) is 5.92 Å². The van der Waals surface area contributed by atoms with E-state index < -0.39 is 0 Å². The number of hydrogen-bond acceptors (Lipinski definition) is 1. The lowest BCUT2D eigenvalue weighted by atomic mass is 9.81. The molecule has 1 saturated carbocycles. The maximum atomic E-state index is 3.74. The smallest absolute Gasteiger partial charge is 0.0296 e. The SMILES string of the molecule is Cc1ccccc1[C@@H](C)NC(C)CC1CCC1. The van der Waals surface area contributed by atoms with Gasteiger partial charge in [0.2, 0.25) is 0 Å². The topological polar surface area (TPSA) is 12.0 Å². The highest BCUT2D eigenvalue weighted by atomic mass is 14.9. The van der Waals surface area contributed by atoms with Crippen LogP contribution in [0.4, 0.5) is 0 Å². The lowest BCUT2D eigenvalue weighted by Gasteiger charge is -2.30. The average molecular weight is 231 g/mol. The van der Waals surface area contributed by atoms with E-state index in [9.17, 15) is 0 Å². The van der Waals surface area contributed by atoms with Gasteiger partial charge >= 0.3 is 0 Å². The molecule has 0 heterocycles. The average Bonchev–Trinajstić information content (AvgIpc) is 2.24. The minimum absolute atomic E-state index is 0.464. The zero-order valence-electron chi connectivity index (χ0n) is 11.4. The van der Waals surface area contributed by atoms with Crippen LogP contribution in [0.3, 0.4) is 0 Å². The van der Waals surface area contributed by atoms with Crippen LogP contribution in [0.15, 0.2) is 24.3 Å². The largest absolute Gasteiger partial charge is 0.308 e. The van der Waals surface area contributed by atoms with Gasteiger partial charge in [0.05, 0.1) is 0 Å². The number of hydrogen-bond donors (Lipinski definition) is 1. The van der Waals surface area contributed by atoms with Crippen molar-refractivity contribution in [3.63, 3.8) is 0 Å². The molecule has 1 aromatic rings. The molecule has 0 bridgehead atoms. The lowest BCUT2D eigenvalue weighted by molar-refractivity contribution is 0.259. The quantitative estimate of drug-likeness (QED) is 0.800. The molecule has 0 radical (unpaired) electrons. The molecule has 1 fully saturated rings. The summed E-state index contributed by atoms with van der Waals surface area (Å²) in [6.07, 6.45) is 5.69. The fourth-order valence-corrected chi connectivity index (χ4v) is 2.89. The van der Waals surface area contributed by atoms with Crippen molar-refractivity contribution in [3.8, 4) is 0 Å². The van der Waals surface area contributed by atoms with Gasteiger partial charge in [0.1, 0.15) is 0 Å². The molecule has 17 heavy (non-hydrogen) atoms.